The molecule has 0 saturated heterocycles. The van der Waals surface area contributed by atoms with Gasteiger partial charge in [0, 0.05) is 18.9 Å². The maximum atomic E-state index is 12.0. The molecule has 134 valence electrons. The average molecular weight is 352 g/mol. The summed E-state index contributed by atoms with van der Waals surface area (Å²) in [7, 11) is 1.76. The zero-order chi connectivity index (χ0) is 18.5. The summed E-state index contributed by atoms with van der Waals surface area (Å²) in [6.45, 7) is 2.33. The summed E-state index contributed by atoms with van der Waals surface area (Å²) in [6.07, 6.45) is 3.32. The zero-order valence-electron chi connectivity index (χ0n) is 14.6. The maximum Gasteiger partial charge on any atom is 0.272 e. The highest BCUT2D eigenvalue weighted by Crippen LogP contribution is 2.08. The lowest BCUT2D eigenvalue weighted by molar-refractivity contribution is -0.115. The number of nitrogens with one attached hydrogen (secondary N) is 2. The summed E-state index contributed by atoms with van der Waals surface area (Å²) in [4.78, 5) is 24.0. The SMILES string of the molecule is Cc1cc(C(=O)NCC(=O)Nc2cnn(Cc3ccccc3)c2)nn1C. The van der Waals surface area contributed by atoms with E-state index in [4.69, 9.17) is 0 Å². The molecule has 8 heteroatoms. The van der Waals surface area contributed by atoms with E-state index in [-0.39, 0.29) is 24.1 Å². The Morgan fingerprint density at radius 2 is 1.96 bits per heavy atom. The number of hydrogen-bond acceptors (Lipinski definition) is 4. The van der Waals surface area contributed by atoms with Gasteiger partial charge in [-0.05, 0) is 18.6 Å². The molecule has 26 heavy (non-hydrogen) atoms. The number of nitrogens with zero attached hydrogens (tertiary/aromatic N) is 4. The van der Waals surface area contributed by atoms with Gasteiger partial charge in [0.15, 0.2) is 0 Å². The fourth-order valence-electron chi connectivity index (χ4n) is 2.41. The Balaban J connectivity index is 1.50. The lowest BCUT2D eigenvalue weighted by atomic mass is 10.2. The molecule has 0 atom stereocenters. The van der Waals surface area contributed by atoms with Gasteiger partial charge in [-0.15, -0.1) is 0 Å². The minimum atomic E-state index is -0.386. The van der Waals surface area contributed by atoms with Gasteiger partial charge in [0.2, 0.25) is 5.91 Å². The molecule has 0 aliphatic heterocycles. The molecule has 3 aromatic rings. The van der Waals surface area contributed by atoms with Crippen LogP contribution in [0.5, 0.6) is 0 Å². The van der Waals surface area contributed by atoms with Gasteiger partial charge < -0.3 is 10.6 Å². The standard InChI is InChI=1S/C18H20N6O2/c1-13-8-16(22-23(13)2)18(26)19-10-17(25)21-15-9-20-24(12-15)11-14-6-4-3-5-7-14/h3-9,12H,10-11H2,1-2H3,(H,19,26)(H,21,25). The van der Waals surface area contributed by atoms with E-state index in [1.54, 1.807) is 34.9 Å². The van der Waals surface area contributed by atoms with Crippen LogP contribution >= 0.6 is 0 Å². The summed E-state index contributed by atoms with van der Waals surface area (Å²) < 4.78 is 3.34. The van der Waals surface area contributed by atoms with Crippen LogP contribution in [0.4, 0.5) is 5.69 Å². The first-order chi connectivity index (χ1) is 12.5. The molecule has 0 aliphatic carbocycles. The highest BCUT2D eigenvalue weighted by molar-refractivity contribution is 5.98. The minimum absolute atomic E-state index is 0.141. The van der Waals surface area contributed by atoms with E-state index in [0.717, 1.165) is 11.3 Å². The summed E-state index contributed by atoms with van der Waals surface area (Å²) in [5.41, 5.74) is 2.85. The Bertz CT molecular complexity index is 893. The molecule has 0 fully saturated rings. The number of carbonyl (C=O) groups is 2. The van der Waals surface area contributed by atoms with Crippen molar-refractivity contribution in [1.82, 2.24) is 24.9 Å². The molecule has 2 N–H and O–H groups in total. The van der Waals surface area contributed by atoms with Gasteiger partial charge in [-0.1, -0.05) is 30.3 Å². The predicted octanol–water partition coefficient (Wildman–Crippen LogP) is 1.34. The van der Waals surface area contributed by atoms with E-state index in [1.165, 1.54) is 0 Å². The van der Waals surface area contributed by atoms with Crippen molar-refractivity contribution in [2.45, 2.75) is 13.5 Å². The highest BCUT2D eigenvalue weighted by atomic mass is 16.2. The van der Waals surface area contributed by atoms with Gasteiger partial charge >= 0.3 is 0 Å². The van der Waals surface area contributed by atoms with Crippen LogP contribution < -0.4 is 10.6 Å². The summed E-state index contributed by atoms with van der Waals surface area (Å²) in [5, 5.41) is 13.6. The first kappa shape index (κ1) is 17.4. The van der Waals surface area contributed by atoms with Gasteiger partial charge in [0.1, 0.15) is 5.69 Å². The monoisotopic (exact) mass is 352 g/mol. The molecule has 1 aromatic carbocycles. The first-order valence-electron chi connectivity index (χ1n) is 8.16. The molecule has 2 amide bonds. The summed E-state index contributed by atoms with van der Waals surface area (Å²) in [5.74, 6) is -0.714. The van der Waals surface area contributed by atoms with Crippen molar-refractivity contribution >= 4 is 17.5 Å². The van der Waals surface area contributed by atoms with Crippen molar-refractivity contribution in [1.29, 1.82) is 0 Å². The van der Waals surface area contributed by atoms with Gasteiger partial charge in [-0.25, -0.2) is 0 Å². The van der Waals surface area contributed by atoms with E-state index in [1.807, 2.05) is 37.3 Å². The van der Waals surface area contributed by atoms with E-state index in [0.29, 0.717) is 12.2 Å². The number of aryl methyl sites for hydroxylation is 2. The van der Waals surface area contributed by atoms with Gasteiger partial charge in [0.05, 0.1) is 25.0 Å². The Hall–Kier alpha value is -3.42. The molecule has 0 spiro atoms. The van der Waals surface area contributed by atoms with Crippen LogP contribution in [0.1, 0.15) is 21.7 Å². The molecule has 0 radical (unpaired) electrons. The summed E-state index contributed by atoms with van der Waals surface area (Å²) >= 11 is 0. The average Bonchev–Trinajstić information content (AvgIpc) is 3.20. The van der Waals surface area contributed by atoms with Crippen LogP contribution in [0.25, 0.3) is 0 Å². The predicted molar refractivity (Wildman–Crippen MR) is 96.7 cm³/mol. The molecule has 0 aliphatic rings. The topological polar surface area (TPSA) is 93.8 Å². The highest BCUT2D eigenvalue weighted by Gasteiger charge is 2.12. The fourth-order valence-corrected chi connectivity index (χ4v) is 2.41. The van der Waals surface area contributed by atoms with Crippen molar-refractivity contribution in [3.63, 3.8) is 0 Å². The van der Waals surface area contributed by atoms with Crippen molar-refractivity contribution < 1.29 is 9.59 Å². The third kappa shape index (κ3) is 4.35. The number of aromatic nitrogens is 4. The van der Waals surface area contributed by atoms with Gasteiger partial charge in [-0.2, -0.15) is 10.2 Å². The Kier molecular flexibility index (Phi) is 5.12. The number of amides is 2. The first-order valence-corrected chi connectivity index (χ1v) is 8.16. The van der Waals surface area contributed by atoms with Gasteiger partial charge in [-0.3, -0.25) is 19.0 Å². The minimum Gasteiger partial charge on any atom is -0.342 e. The number of anilines is 1. The number of carbonyl (C=O) groups excluding carboxylic acids is 2. The molecule has 3 rings (SSSR count). The molecule has 2 aromatic heterocycles. The second-order valence-electron chi connectivity index (χ2n) is 5.94. The number of hydrogen-bond donors (Lipinski definition) is 2. The van der Waals surface area contributed by atoms with Gasteiger partial charge in [0.25, 0.3) is 5.91 Å². The quantitative estimate of drug-likeness (QED) is 0.700. The molecule has 2 heterocycles. The Morgan fingerprint density at radius 3 is 2.65 bits per heavy atom. The van der Waals surface area contributed by atoms with E-state index >= 15 is 0 Å². The van der Waals surface area contributed by atoms with Crippen molar-refractivity contribution in [3.05, 3.63) is 65.7 Å². The molecule has 0 saturated carbocycles. The third-order valence-corrected chi connectivity index (χ3v) is 3.86. The second-order valence-corrected chi connectivity index (χ2v) is 5.94. The molecule has 0 unspecified atom stereocenters. The zero-order valence-corrected chi connectivity index (χ0v) is 14.6. The van der Waals surface area contributed by atoms with E-state index < -0.39 is 0 Å². The van der Waals surface area contributed by atoms with E-state index in [9.17, 15) is 9.59 Å². The molecule has 8 nitrogen and oxygen atoms in total. The van der Waals surface area contributed by atoms with E-state index in [2.05, 4.69) is 20.8 Å². The summed E-state index contributed by atoms with van der Waals surface area (Å²) in [6, 6.07) is 11.6. The van der Waals surface area contributed by atoms with Crippen molar-refractivity contribution in [3.8, 4) is 0 Å². The Morgan fingerprint density at radius 1 is 1.19 bits per heavy atom. The van der Waals surface area contributed by atoms with Crippen LogP contribution in [0, 0.1) is 6.92 Å². The largest absolute Gasteiger partial charge is 0.342 e. The third-order valence-electron chi connectivity index (χ3n) is 3.86. The maximum absolute atomic E-state index is 12.0. The second kappa shape index (κ2) is 7.64. The normalized spacial score (nSPS) is 10.5. The molecule has 0 bridgehead atoms. The number of rotatable bonds is 6. The Labute approximate surface area is 150 Å². The fraction of sp³-hybridized carbons (Fsp3) is 0.222. The van der Waals surface area contributed by atoms with Crippen molar-refractivity contribution in [2.24, 2.45) is 7.05 Å². The van der Waals surface area contributed by atoms with Crippen LogP contribution in [0.15, 0.2) is 48.8 Å². The smallest absolute Gasteiger partial charge is 0.272 e. The van der Waals surface area contributed by atoms with Crippen LogP contribution in [-0.2, 0) is 18.4 Å². The lowest BCUT2D eigenvalue weighted by Crippen LogP contribution is -2.33. The molecular weight excluding hydrogens is 332 g/mol. The number of benzene rings is 1. The van der Waals surface area contributed by atoms with Crippen molar-refractivity contribution in [2.75, 3.05) is 11.9 Å². The van der Waals surface area contributed by atoms with Crippen LogP contribution in [-0.4, -0.2) is 37.9 Å². The molecular formula is C18H20N6O2. The lowest BCUT2D eigenvalue weighted by Gasteiger charge is -2.04. The van der Waals surface area contributed by atoms with Crippen LogP contribution in [0.2, 0.25) is 0 Å². The van der Waals surface area contributed by atoms with Crippen LogP contribution in [0.3, 0.4) is 0 Å².